The lowest BCUT2D eigenvalue weighted by Gasteiger charge is -2.35. The molecule has 0 unspecified atom stereocenters. The molecule has 2 aromatic carbocycles. The molecule has 0 amide bonds. The number of aromatic nitrogens is 2. The lowest BCUT2D eigenvalue weighted by atomic mass is 9.91. The lowest BCUT2D eigenvalue weighted by molar-refractivity contribution is -0.000598. The molecule has 37 heavy (non-hydrogen) atoms. The summed E-state index contributed by atoms with van der Waals surface area (Å²) >= 11 is 0. The van der Waals surface area contributed by atoms with Crippen LogP contribution >= 0.6 is 0 Å². The van der Waals surface area contributed by atoms with E-state index in [0.29, 0.717) is 31.6 Å². The van der Waals surface area contributed by atoms with Gasteiger partial charge in [-0.15, -0.1) is 0 Å². The molecule has 0 saturated carbocycles. The molecule has 0 spiro atoms. The molecule has 5 rings (SSSR count). The van der Waals surface area contributed by atoms with E-state index >= 15 is 0 Å². The molecule has 0 aliphatic carbocycles. The fourth-order valence-corrected chi connectivity index (χ4v) is 5.07. The number of anilines is 2. The van der Waals surface area contributed by atoms with Crippen molar-refractivity contribution in [2.75, 3.05) is 56.9 Å². The quantitative estimate of drug-likeness (QED) is 0.431. The van der Waals surface area contributed by atoms with Gasteiger partial charge in [-0.05, 0) is 43.0 Å². The summed E-state index contributed by atoms with van der Waals surface area (Å²) in [6.07, 6.45) is 1.74. The molecule has 0 N–H and O–H groups in total. The average molecular weight is 505 g/mol. The summed E-state index contributed by atoms with van der Waals surface area (Å²) in [7, 11) is 3.47. The van der Waals surface area contributed by atoms with E-state index in [9.17, 15) is 0 Å². The highest BCUT2D eigenvalue weighted by Gasteiger charge is 2.45. The van der Waals surface area contributed by atoms with Gasteiger partial charge in [-0.3, -0.25) is 0 Å². The van der Waals surface area contributed by atoms with Gasteiger partial charge in [0.25, 0.3) is 0 Å². The minimum Gasteiger partial charge on any atom is -0.497 e. The van der Waals surface area contributed by atoms with Crippen molar-refractivity contribution in [3.8, 4) is 11.6 Å². The van der Waals surface area contributed by atoms with Crippen LogP contribution in [0.15, 0.2) is 60.7 Å². The van der Waals surface area contributed by atoms with Crippen LogP contribution in [0.4, 0.5) is 11.8 Å². The number of hydrogen-bond donors (Lipinski definition) is 0. The lowest BCUT2D eigenvalue weighted by Crippen LogP contribution is -2.46. The number of benzene rings is 2. The number of hydrogen-bond acceptors (Lipinski definition) is 8. The molecule has 0 radical (unpaired) electrons. The summed E-state index contributed by atoms with van der Waals surface area (Å²) in [6, 6.07) is 20.5. The highest BCUT2D eigenvalue weighted by molar-refractivity contribution is 5.50. The molecule has 2 aliphatic rings. The molecule has 196 valence electrons. The maximum absolute atomic E-state index is 6.22. The zero-order chi connectivity index (χ0) is 25.7. The number of rotatable bonds is 9. The van der Waals surface area contributed by atoms with Gasteiger partial charge in [0.1, 0.15) is 18.2 Å². The first-order chi connectivity index (χ1) is 18.1. The molecular weight excluding hydrogens is 468 g/mol. The van der Waals surface area contributed by atoms with Crippen LogP contribution in [-0.4, -0.2) is 68.7 Å². The van der Waals surface area contributed by atoms with E-state index in [2.05, 4.69) is 41.0 Å². The van der Waals surface area contributed by atoms with Gasteiger partial charge in [0.15, 0.2) is 0 Å². The van der Waals surface area contributed by atoms with Crippen molar-refractivity contribution >= 4 is 11.8 Å². The van der Waals surface area contributed by atoms with Crippen molar-refractivity contribution in [3.63, 3.8) is 0 Å². The molecule has 2 atom stereocenters. The third-order valence-corrected chi connectivity index (χ3v) is 7.48. The summed E-state index contributed by atoms with van der Waals surface area (Å²) in [5, 5.41) is 0. The van der Waals surface area contributed by atoms with E-state index < -0.39 is 0 Å². The van der Waals surface area contributed by atoms with E-state index in [0.717, 1.165) is 49.6 Å². The largest absolute Gasteiger partial charge is 0.497 e. The third kappa shape index (κ3) is 5.81. The Morgan fingerprint density at radius 1 is 0.946 bits per heavy atom. The van der Waals surface area contributed by atoms with E-state index in [1.54, 1.807) is 14.2 Å². The predicted octanol–water partition coefficient (Wildman–Crippen LogP) is 4.13. The fourth-order valence-electron chi connectivity index (χ4n) is 5.07. The summed E-state index contributed by atoms with van der Waals surface area (Å²) in [6.45, 7) is 6.36. The van der Waals surface area contributed by atoms with E-state index in [1.165, 1.54) is 5.56 Å². The molecule has 3 heterocycles. The minimum absolute atomic E-state index is 0.0919. The topological polar surface area (TPSA) is 69.2 Å². The van der Waals surface area contributed by atoms with Crippen LogP contribution < -0.4 is 19.3 Å². The second-order valence-corrected chi connectivity index (χ2v) is 9.77. The van der Waals surface area contributed by atoms with Gasteiger partial charge < -0.3 is 28.7 Å². The Balaban J connectivity index is 1.45. The third-order valence-electron chi connectivity index (χ3n) is 7.48. The summed E-state index contributed by atoms with van der Waals surface area (Å²) in [5.41, 5.74) is 2.00. The smallest absolute Gasteiger partial charge is 0.230 e. The van der Waals surface area contributed by atoms with Crippen LogP contribution in [0.25, 0.3) is 0 Å². The normalized spacial score (nSPS) is 21.8. The molecule has 0 bridgehead atoms. The Morgan fingerprint density at radius 3 is 2.41 bits per heavy atom. The Kier molecular flexibility index (Phi) is 7.76. The first kappa shape index (κ1) is 25.3. The Bertz CT molecular complexity index is 1150. The zero-order valence-electron chi connectivity index (χ0n) is 21.9. The van der Waals surface area contributed by atoms with Crippen LogP contribution in [0.2, 0.25) is 0 Å². The second-order valence-electron chi connectivity index (χ2n) is 9.77. The van der Waals surface area contributed by atoms with Crippen molar-refractivity contribution in [2.24, 2.45) is 0 Å². The van der Waals surface area contributed by atoms with Crippen LogP contribution in [0.3, 0.4) is 0 Å². The monoisotopic (exact) mass is 504 g/mol. The number of methoxy groups -OCH3 is 2. The van der Waals surface area contributed by atoms with Gasteiger partial charge in [-0.2, -0.15) is 9.97 Å². The maximum Gasteiger partial charge on any atom is 0.230 e. The molecule has 1 aromatic heterocycles. The highest BCUT2D eigenvalue weighted by atomic mass is 16.5. The minimum atomic E-state index is -0.307. The molecule has 8 nitrogen and oxygen atoms in total. The van der Waals surface area contributed by atoms with Gasteiger partial charge in [-0.1, -0.05) is 42.5 Å². The maximum atomic E-state index is 6.22. The Labute approximate surface area is 219 Å². The fraction of sp³-hybridized carbons (Fsp3) is 0.448. The number of morpholine rings is 1. The first-order valence-corrected chi connectivity index (χ1v) is 12.9. The van der Waals surface area contributed by atoms with E-state index in [-0.39, 0.29) is 11.6 Å². The predicted molar refractivity (Wildman–Crippen MR) is 144 cm³/mol. The van der Waals surface area contributed by atoms with Crippen LogP contribution in [0.1, 0.15) is 24.5 Å². The van der Waals surface area contributed by atoms with Crippen molar-refractivity contribution in [2.45, 2.75) is 38.0 Å². The van der Waals surface area contributed by atoms with Crippen molar-refractivity contribution in [1.29, 1.82) is 0 Å². The van der Waals surface area contributed by atoms with Crippen molar-refractivity contribution < 1.29 is 18.9 Å². The van der Waals surface area contributed by atoms with Crippen molar-refractivity contribution in [1.82, 2.24) is 9.97 Å². The molecule has 2 saturated heterocycles. The molecule has 8 heteroatoms. The second kappa shape index (κ2) is 11.4. The Morgan fingerprint density at radius 2 is 1.70 bits per heavy atom. The van der Waals surface area contributed by atoms with Gasteiger partial charge in [-0.25, -0.2) is 0 Å². The summed E-state index contributed by atoms with van der Waals surface area (Å²) < 4.78 is 23.1. The number of nitrogens with zero attached hydrogens (tertiary/aromatic N) is 4. The van der Waals surface area contributed by atoms with Crippen molar-refractivity contribution in [3.05, 3.63) is 71.8 Å². The Hall–Kier alpha value is -3.36. The molecule has 3 aromatic rings. The SMILES string of the molecule is COc1ccc(COc2cc(N3CCOCC3)nc(N3CC[C@](C)(OC)[C@@H]3Cc3ccccc3)n2)cc1. The molecular formula is C29H36N4O4. The van der Waals surface area contributed by atoms with Gasteiger partial charge >= 0.3 is 0 Å². The van der Waals surface area contributed by atoms with Crippen LogP contribution in [0, 0.1) is 0 Å². The molecule has 2 aliphatic heterocycles. The highest BCUT2D eigenvalue weighted by Crippen LogP contribution is 2.37. The molecule has 2 fully saturated rings. The summed E-state index contributed by atoms with van der Waals surface area (Å²) in [5.74, 6) is 2.92. The van der Waals surface area contributed by atoms with E-state index in [4.69, 9.17) is 28.9 Å². The van der Waals surface area contributed by atoms with Gasteiger partial charge in [0.05, 0.1) is 32.0 Å². The summed E-state index contributed by atoms with van der Waals surface area (Å²) in [4.78, 5) is 14.5. The standard InChI is InChI=1S/C29H36N4O4/c1-29(35-3)13-14-33(25(29)19-22-7-5-4-6-8-22)28-30-26(32-15-17-36-18-16-32)20-27(31-28)37-21-23-9-11-24(34-2)12-10-23/h4-12,20,25H,13-19,21H2,1-3H3/t25-,29-/m0/s1. The first-order valence-electron chi connectivity index (χ1n) is 12.9. The zero-order valence-corrected chi connectivity index (χ0v) is 21.9. The van der Waals surface area contributed by atoms with Crippen LogP contribution in [-0.2, 0) is 22.5 Å². The van der Waals surface area contributed by atoms with Crippen LogP contribution in [0.5, 0.6) is 11.6 Å². The van der Waals surface area contributed by atoms with Gasteiger partial charge in [0.2, 0.25) is 11.8 Å². The van der Waals surface area contributed by atoms with Gasteiger partial charge in [0, 0.05) is 32.8 Å². The number of ether oxygens (including phenoxy) is 4. The average Bonchev–Trinajstić information content (AvgIpc) is 3.29. The van der Waals surface area contributed by atoms with E-state index in [1.807, 2.05) is 36.4 Å².